The molecule has 0 atom stereocenters. The zero-order valence-corrected chi connectivity index (χ0v) is 20.9. The Kier molecular flexibility index (Phi) is 6.35. The van der Waals surface area contributed by atoms with Crippen LogP contribution >= 0.6 is 0 Å². The molecule has 0 fully saturated rings. The van der Waals surface area contributed by atoms with Crippen LogP contribution in [0.4, 0.5) is 11.5 Å². The van der Waals surface area contributed by atoms with Gasteiger partial charge in [0.2, 0.25) is 5.91 Å². The zero-order valence-electron chi connectivity index (χ0n) is 20.9. The molecule has 5 aromatic rings. The second-order valence-corrected chi connectivity index (χ2v) is 9.00. The van der Waals surface area contributed by atoms with Gasteiger partial charge in [0.05, 0.1) is 24.7 Å². The second kappa shape index (κ2) is 9.77. The number of methoxy groups -OCH3 is 1. The van der Waals surface area contributed by atoms with Gasteiger partial charge >= 0.3 is 0 Å². The van der Waals surface area contributed by atoms with E-state index in [0.717, 1.165) is 52.4 Å². The molecule has 0 bridgehead atoms. The van der Waals surface area contributed by atoms with Gasteiger partial charge in [0, 0.05) is 36.2 Å². The maximum atomic E-state index is 12.9. The van der Waals surface area contributed by atoms with Gasteiger partial charge in [0.1, 0.15) is 17.6 Å². The van der Waals surface area contributed by atoms with E-state index in [-0.39, 0.29) is 12.3 Å². The summed E-state index contributed by atoms with van der Waals surface area (Å²) >= 11 is 0. The molecular weight excluding hydrogens is 466 g/mol. The van der Waals surface area contributed by atoms with Crippen LogP contribution in [0.1, 0.15) is 23.2 Å². The molecule has 1 amide bonds. The lowest BCUT2D eigenvalue weighted by atomic mass is 10.1. The summed E-state index contributed by atoms with van der Waals surface area (Å²) < 4.78 is 9.86. The summed E-state index contributed by atoms with van der Waals surface area (Å²) in [5.41, 5.74) is 14.1. The van der Waals surface area contributed by atoms with E-state index in [2.05, 4.69) is 43.3 Å². The minimum Gasteiger partial charge on any atom is -0.494 e. The molecule has 1 aliphatic carbocycles. The summed E-state index contributed by atoms with van der Waals surface area (Å²) in [6.07, 6.45) is 6.84. The number of nitrogen functional groups attached to an aromatic ring is 1. The van der Waals surface area contributed by atoms with E-state index in [4.69, 9.17) is 15.9 Å². The van der Waals surface area contributed by atoms with Gasteiger partial charge < -0.3 is 30.3 Å². The molecule has 2 aromatic carbocycles. The SMILES string of the molecule is C=N.COc1cc(-n2c3c(c4ncnc(N)c42)CCC3)ccc1NC(=O)Cc1ccc2c(ccn2C)c1. The number of nitrogens with one attached hydrogen (secondary N) is 2. The molecule has 37 heavy (non-hydrogen) atoms. The Morgan fingerprint density at radius 3 is 2.81 bits per heavy atom. The highest BCUT2D eigenvalue weighted by molar-refractivity contribution is 5.95. The first-order valence-electron chi connectivity index (χ1n) is 12.0. The minimum atomic E-state index is -0.101. The van der Waals surface area contributed by atoms with Gasteiger partial charge in [-0.1, -0.05) is 6.07 Å². The molecule has 0 saturated carbocycles. The molecule has 188 valence electrons. The summed E-state index contributed by atoms with van der Waals surface area (Å²) in [5, 5.41) is 9.63. The van der Waals surface area contributed by atoms with Gasteiger partial charge in [0.25, 0.3) is 0 Å². The van der Waals surface area contributed by atoms with Crippen molar-refractivity contribution in [1.82, 2.24) is 19.1 Å². The number of carbonyl (C=O) groups excluding carboxylic acids is 1. The molecule has 1 aliphatic rings. The summed E-state index contributed by atoms with van der Waals surface area (Å²) in [7, 11) is 3.62. The molecule has 0 unspecified atom stereocenters. The Morgan fingerprint density at radius 2 is 2.00 bits per heavy atom. The Bertz CT molecular complexity index is 1630. The van der Waals surface area contributed by atoms with Crippen molar-refractivity contribution < 1.29 is 9.53 Å². The van der Waals surface area contributed by atoms with Crippen LogP contribution in [0.15, 0.2) is 55.0 Å². The molecule has 0 radical (unpaired) electrons. The van der Waals surface area contributed by atoms with E-state index in [1.54, 1.807) is 7.11 Å². The molecule has 0 aliphatic heterocycles. The lowest BCUT2D eigenvalue weighted by Crippen LogP contribution is -2.15. The smallest absolute Gasteiger partial charge is 0.228 e. The fourth-order valence-electron chi connectivity index (χ4n) is 5.23. The number of hydrogen-bond acceptors (Lipinski definition) is 6. The fraction of sp³-hybridized carbons (Fsp3) is 0.214. The minimum absolute atomic E-state index is 0.101. The predicted octanol–water partition coefficient (Wildman–Crippen LogP) is 4.44. The first kappa shape index (κ1) is 24.1. The van der Waals surface area contributed by atoms with Gasteiger partial charge in [-0.3, -0.25) is 4.79 Å². The monoisotopic (exact) mass is 495 g/mol. The highest BCUT2D eigenvalue weighted by atomic mass is 16.5. The number of aryl methyl sites for hydroxylation is 2. The summed E-state index contributed by atoms with van der Waals surface area (Å²) in [6, 6.07) is 13.9. The van der Waals surface area contributed by atoms with Crippen LogP contribution in [0.5, 0.6) is 5.75 Å². The van der Waals surface area contributed by atoms with E-state index in [1.165, 1.54) is 17.6 Å². The van der Waals surface area contributed by atoms with Gasteiger partial charge in [0.15, 0.2) is 5.82 Å². The lowest BCUT2D eigenvalue weighted by Gasteiger charge is -2.15. The number of carbonyl (C=O) groups is 1. The maximum Gasteiger partial charge on any atom is 0.228 e. The summed E-state index contributed by atoms with van der Waals surface area (Å²) in [5.74, 6) is 0.936. The molecule has 9 nitrogen and oxygen atoms in total. The van der Waals surface area contributed by atoms with E-state index in [9.17, 15) is 4.79 Å². The molecule has 3 heterocycles. The van der Waals surface area contributed by atoms with Crippen molar-refractivity contribution >= 4 is 46.1 Å². The Labute approximate surface area is 214 Å². The third-order valence-electron chi connectivity index (χ3n) is 6.85. The van der Waals surface area contributed by atoms with Crippen LogP contribution in [-0.4, -0.2) is 38.8 Å². The third kappa shape index (κ3) is 4.18. The molecular formula is C28H29N7O2. The van der Waals surface area contributed by atoms with Gasteiger partial charge in [-0.25, -0.2) is 9.97 Å². The lowest BCUT2D eigenvalue weighted by molar-refractivity contribution is -0.115. The molecule has 0 saturated heterocycles. The van der Waals surface area contributed by atoms with Crippen molar-refractivity contribution in [3.8, 4) is 11.4 Å². The number of hydrogen-bond donors (Lipinski definition) is 3. The number of nitrogens with zero attached hydrogens (tertiary/aromatic N) is 4. The standard InChI is InChI=1S/C27H26N6O2.CH3N/c1-32-11-10-17-12-16(6-9-21(17)32)13-24(34)31-20-8-7-18(14-23(20)35-2)33-22-5-3-4-19(22)25-26(33)27(28)30-15-29-25;1-2/h6-12,14-15H,3-5,13H2,1-2H3,(H,31,34)(H2,28,29,30);2H,1H2. The van der Waals surface area contributed by atoms with Crippen molar-refractivity contribution in [3.05, 3.63) is 71.8 Å². The van der Waals surface area contributed by atoms with Crippen molar-refractivity contribution in [2.24, 2.45) is 7.05 Å². The number of nitrogens with two attached hydrogens (primary N) is 1. The average Bonchev–Trinajstić information content (AvgIpc) is 3.61. The van der Waals surface area contributed by atoms with Gasteiger partial charge in [-0.2, -0.15) is 0 Å². The Morgan fingerprint density at radius 1 is 1.16 bits per heavy atom. The number of fused-ring (bicyclic) bond motifs is 4. The van der Waals surface area contributed by atoms with Crippen LogP contribution in [0.3, 0.4) is 0 Å². The third-order valence-corrected chi connectivity index (χ3v) is 6.85. The van der Waals surface area contributed by atoms with Crippen molar-refractivity contribution in [2.75, 3.05) is 18.2 Å². The molecule has 3 aromatic heterocycles. The van der Waals surface area contributed by atoms with Crippen LogP contribution < -0.4 is 15.8 Å². The highest BCUT2D eigenvalue weighted by Crippen LogP contribution is 2.38. The normalized spacial score (nSPS) is 12.3. The number of benzene rings is 2. The zero-order chi connectivity index (χ0) is 26.1. The Hall–Kier alpha value is -4.66. The molecule has 9 heteroatoms. The van der Waals surface area contributed by atoms with Crippen molar-refractivity contribution in [1.29, 1.82) is 5.41 Å². The first-order valence-corrected chi connectivity index (χ1v) is 12.0. The van der Waals surface area contributed by atoms with E-state index >= 15 is 0 Å². The van der Waals surface area contributed by atoms with Crippen LogP contribution in [0, 0.1) is 5.41 Å². The average molecular weight is 496 g/mol. The van der Waals surface area contributed by atoms with Gasteiger partial charge in [-0.15, -0.1) is 0 Å². The number of amides is 1. The number of rotatable bonds is 5. The second-order valence-electron chi connectivity index (χ2n) is 9.00. The van der Waals surface area contributed by atoms with Crippen LogP contribution in [-0.2, 0) is 31.1 Å². The number of ether oxygens (including phenoxy) is 1. The fourth-order valence-corrected chi connectivity index (χ4v) is 5.23. The maximum absolute atomic E-state index is 12.9. The van der Waals surface area contributed by atoms with Crippen LogP contribution in [0.2, 0.25) is 0 Å². The summed E-state index contributed by atoms with van der Waals surface area (Å²) in [6.45, 7) is 2.50. The van der Waals surface area contributed by atoms with E-state index < -0.39 is 0 Å². The summed E-state index contributed by atoms with van der Waals surface area (Å²) in [4.78, 5) is 21.6. The largest absolute Gasteiger partial charge is 0.494 e. The van der Waals surface area contributed by atoms with Crippen molar-refractivity contribution in [2.45, 2.75) is 25.7 Å². The van der Waals surface area contributed by atoms with Crippen LogP contribution in [0.25, 0.3) is 27.6 Å². The predicted molar refractivity (Wildman–Crippen MR) is 147 cm³/mol. The van der Waals surface area contributed by atoms with E-state index in [0.29, 0.717) is 17.3 Å². The van der Waals surface area contributed by atoms with E-state index in [1.807, 2.05) is 43.6 Å². The quantitative estimate of drug-likeness (QED) is 0.311. The van der Waals surface area contributed by atoms with Gasteiger partial charge in [-0.05, 0) is 72.8 Å². The van der Waals surface area contributed by atoms with Crippen molar-refractivity contribution in [3.63, 3.8) is 0 Å². The molecule has 6 rings (SSSR count). The molecule has 4 N–H and O–H groups in total. The first-order chi connectivity index (χ1) is 18.0. The number of aromatic nitrogens is 4. The number of anilines is 2. The Balaban J connectivity index is 0.00000137. The highest BCUT2D eigenvalue weighted by Gasteiger charge is 2.25. The topological polar surface area (TPSA) is 124 Å². The molecule has 0 spiro atoms.